The minimum atomic E-state index is -0.0924. The predicted molar refractivity (Wildman–Crippen MR) is 121 cm³/mol. The van der Waals surface area contributed by atoms with Crippen molar-refractivity contribution in [3.8, 4) is 0 Å². The number of aryl methyl sites for hydroxylation is 2. The van der Waals surface area contributed by atoms with Crippen LogP contribution in [-0.4, -0.2) is 26.8 Å². The summed E-state index contributed by atoms with van der Waals surface area (Å²) in [5, 5.41) is 10.6. The minimum Gasteiger partial charge on any atom is -0.325 e. The molecular weight excluding hydrogens is 400 g/mol. The molecule has 5 nitrogen and oxygen atoms in total. The van der Waals surface area contributed by atoms with E-state index in [1.165, 1.54) is 27.8 Å². The Morgan fingerprint density at radius 3 is 2.48 bits per heavy atom. The van der Waals surface area contributed by atoms with E-state index in [9.17, 15) is 4.79 Å². The van der Waals surface area contributed by atoms with Crippen molar-refractivity contribution in [1.29, 1.82) is 0 Å². The molecule has 3 aromatic rings. The molecule has 0 aliphatic heterocycles. The maximum absolute atomic E-state index is 12.2. The number of nitrogens with one attached hydrogen (secondary N) is 2. The van der Waals surface area contributed by atoms with E-state index in [-0.39, 0.29) is 17.1 Å². The smallest absolute Gasteiger partial charge is 0.234 e. The molecule has 1 amide bonds. The summed E-state index contributed by atoms with van der Waals surface area (Å²) in [5.41, 5.74) is 3.20. The molecule has 0 atom stereocenters. The molecule has 0 saturated heterocycles. The standard InChI is InChI=1S/C22H26N4OS2/c1-14-6-7-15(2)18(12-14)29-17-10-8-16(9-11-17)23-19(27)13-28-21-24-20(25-26-21)22(3,4)5/h6-12H,13H2,1-5H3,(H,23,27)(H,24,25,26). The lowest BCUT2D eigenvalue weighted by molar-refractivity contribution is -0.113. The van der Waals surface area contributed by atoms with Gasteiger partial charge in [0, 0.05) is 20.9 Å². The molecule has 0 aliphatic rings. The van der Waals surface area contributed by atoms with Gasteiger partial charge in [-0.15, -0.1) is 5.10 Å². The van der Waals surface area contributed by atoms with Crippen LogP contribution in [0.1, 0.15) is 37.7 Å². The highest BCUT2D eigenvalue weighted by Gasteiger charge is 2.19. The second kappa shape index (κ2) is 9.05. The Bertz CT molecular complexity index is 991. The average Bonchev–Trinajstić information content (AvgIpc) is 3.14. The number of hydrogen-bond acceptors (Lipinski definition) is 5. The number of H-pyrrole nitrogens is 1. The van der Waals surface area contributed by atoms with Gasteiger partial charge in [-0.3, -0.25) is 9.89 Å². The van der Waals surface area contributed by atoms with Gasteiger partial charge in [0.15, 0.2) is 0 Å². The number of hydrogen-bond donors (Lipinski definition) is 2. The fraction of sp³-hybridized carbons (Fsp3) is 0.318. The van der Waals surface area contributed by atoms with Gasteiger partial charge >= 0.3 is 0 Å². The average molecular weight is 427 g/mol. The summed E-state index contributed by atoms with van der Waals surface area (Å²) >= 11 is 3.05. The summed E-state index contributed by atoms with van der Waals surface area (Å²) in [6.45, 7) is 10.4. The number of nitrogens with zero attached hydrogens (tertiary/aromatic N) is 2. The number of aromatic nitrogens is 3. The number of aromatic amines is 1. The van der Waals surface area contributed by atoms with Crippen LogP contribution in [0, 0.1) is 13.8 Å². The molecule has 0 bridgehead atoms. The second-order valence-electron chi connectivity index (χ2n) is 7.95. The number of rotatable bonds is 6. The van der Waals surface area contributed by atoms with Crippen LogP contribution in [0.25, 0.3) is 0 Å². The second-order valence-corrected chi connectivity index (χ2v) is 10.0. The van der Waals surface area contributed by atoms with Crippen LogP contribution in [0.4, 0.5) is 5.69 Å². The van der Waals surface area contributed by atoms with E-state index in [4.69, 9.17) is 0 Å². The molecule has 152 valence electrons. The summed E-state index contributed by atoms with van der Waals surface area (Å²) in [6.07, 6.45) is 0. The highest BCUT2D eigenvalue weighted by atomic mass is 32.2. The van der Waals surface area contributed by atoms with Crippen molar-refractivity contribution in [3.05, 3.63) is 59.4 Å². The van der Waals surface area contributed by atoms with Crippen molar-refractivity contribution in [3.63, 3.8) is 0 Å². The van der Waals surface area contributed by atoms with Crippen LogP contribution in [0.3, 0.4) is 0 Å². The van der Waals surface area contributed by atoms with Gasteiger partial charge in [-0.05, 0) is 55.3 Å². The molecule has 3 rings (SSSR count). The quantitative estimate of drug-likeness (QED) is 0.502. The van der Waals surface area contributed by atoms with Crippen molar-refractivity contribution >= 4 is 35.1 Å². The van der Waals surface area contributed by atoms with Crippen LogP contribution >= 0.6 is 23.5 Å². The molecule has 0 aliphatic carbocycles. The third-order valence-electron chi connectivity index (χ3n) is 4.22. The topological polar surface area (TPSA) is 70.7 Å². The lowest BCUT2D eigenvalue weighted by Crippen LogP contribution is -2.14. The Balaban J connectivity index is 1.53. The van der Waals surface area contributed by atoms with Crippen molar-refractivity contribution < 1.29 is 4.79 Å². The SMILES string of the molecule is Cc1ccc(C)c(Sc2ccc(NC(=O)CSc3n[nH]c(C(C)(C)C)n3)cc2)c1. The van der Waals surface area contributed by atoms with E-state index in [1.807, 2.05) is 24.3 Å². The summed E-state index contributed by atoms with van der Waals surface area (Å²) < 4.78 is 0. The van der Waals surface area contributed by atoms with Gasteiger partial charge in [0.05, 0.1) is 5.75 Å². The summed E-state index contributed by atoms with van der Waals surface area (Å²) in [5.74, 6) is 1.00. The maximum Gasteiger partial charge on any atom is 0.234 e. The normalized spacial score (nSPS) is 11.5. The van der Waals surface area contributed by atoms with E-state index >= 15 is 0 Å². The van der Waals surface area contributed by atoms with Crippen LogP contribution in [0.5, 0.6) is 0 Å². The number of benzene rings is 2. The molecule has 2 aromatic carbocycles. The monoisotopic (exact) mass is 426 g/mol. The Labute approximate surface area is 180 Å². The number of carbonyl (C=O) groups excluding carboxylic acids is 1. The van der Waals surface area contributed by atoms with Gasteiger partial charge in [-0.1, -0.05) is 56.4 Å². The lowest BCUT2D eigenvalue weighted by Gasteiger charge is -2.12. The number of carbonyl (C=O) groups is 1. The van der Waals surface area contributed by atoms with E-state index < -0.39 is 0 Å². The van der Waals surface area contributed by atoms with E-state index in [0.29, 0.717) is 5.16 Å². The molecule has 1 heterocycles. The zero-order valence-electron chi connectivity index (χ0n) is 17.4. The third-order valence-corrected chi connectivity index (χ3v) is 6.23. The van der Waals surface area contributed by atoms with Gasteiger partial charge in [-0.2, -0.15) is 0 Å². The molecule has 29 heavy (non-hydrogen) atoms. The molecule has 1 aromatic heterocycles. The van der Waals surface area contributed by atoms with Gasteiger partial charge in [0.2, 0.25) is 11.1 Å². The third kappa shape index (κ3) is 6.11. The first-order chi connectivity index (χ1) is 13.7. The molecule has 0 unspecified atom stereocenters. The van der Waals surface area contributed by atoms with Crippen LogP contribution in [-0.2, 0) is 10.2 Å². The molecule has 7 heteroatoms. The number of anilines is 1. The Morgan fingerprint density at radius 1 is 1.10 bits per heavy atom. The van der Waals surface area contributed by atoms with E-state index in [2.05, 4.69) is 73.3 Å². The summed E-state index contributed by atoms with van der Waals surface area (Å²) in [4.78, 5) is 19.1. The highest BCUT2D eigenvalue weighted by molar-refractivity contribution is 7.99. The molecule has 0 saturated carbocycles. The number of thioether (sulfide) groups is 1. The summed E-state index contributed by atoms with van der Waals surface area (Å²) in [7, 11) is 0. The first kappa shape index (κ1) is 21.5. The largest absolute Gasteiger partial charge is 0.325 e. The molecule has 0 fully saturated rings. The van der Waals surface area contributed by atoms with Crippen molar-refractivity contribution in [1.82, 2.24) is 15.2 Å². The minimum absolute atomic E-state index is 0.0768. The molecule has 0 spiro atoms. The summed E-state index contributed by atoms with van der Waals surface area (Å²) in [6, 6.07) is 14.4. The lowest BCUT2D eigenvalue weighted by atomic mass is 9.96. The Kier molecular flexibility index (Phi) is 6.70. The van der Waals surface area contributed by atoms with Crippen LogP contribution < -0.4 is 5.32 Å². The molecule has 2 N–H and O–H groups in total. The van der Waals surface area contributed by atoms with Gasteiger partial charge < -0.3 is 5.32 Å². The first-order valence-corrected chi connectivity index (χ1v) is 11.2. The maximum atomic E-state index is 12.2. The predicted octanol–water partition coefficient (Wildman–Crippen LogP) is 5.60. The van der Waals surface area contributed by atoms with Crippen molar-refractivity contribution in [2.24, 2.45) is 0 Å². The number of amides is 1. The fourth-order valence-corrected chi connectivity index (χ4v) is 4.12. The van der Waals surface area contributed by atoms with Crippen LogP contribution in [0.15, 0.2) is 57.4 Å². The zero-order chi connectivity index (χ0) is 21.0. The van der Waals surface area contributed by atoms with Gasteiger partial charge in [-0.25, -0.2) is 4.98 Å². The Hall–Kier alpha value is -2.25. The van der Waals surface area contributed by atoms with E-state index in [1.54, 1.807) is 11.8 Å². The van der Waals surface area contributed by atoms with Crippen LogP contribution in [0.2, 0.25) is 0 Å². The van der Waals surface area contributed by atoms with Crippen molar-refractivity contribution in [2.45, 2.75) is 55.0 Å². The Morgan fingerprint density at radius 2 is 1.83 bits per heavy atom. The molecular formula is C22H26N4OS2. The van der Waals surface area contributed by atoms with E-state index in [0.717, 1.165) is 16.4 Å². The fourth-order valence-electron chi connectivity index (χ4n) is 2.52. The zero-order valence-corrected chi connectivity index (χ0v) is 19.0. The first-order valence-electron chi connectivity index (χ1n) is 9.41. The van der Waals surface area contributed by atoms with Crippen molar-refractivity contribution in [2.75, 3.05) is 11.1 Å². The molecule has 0 radical (unpaired) electrons. The highest BCUT2D eigenvalue weighted by Crippen LogP contribution is 2.31. The van der Waals surface area contributed by atoms with Gasteiger partial charge in [0.1, 0.15) is 5.82 Å². The van der Waals surface area contributed by atoms with Gasteiger partial charge in [0.25, 0.3) is 0 Å².